The van der Waals surface area contributed by atoms with Crippen molar-refractivity contribution in [3.8, 4) is 6.07 Å². The second-order valence-electron chi connectivity index (χ2n) is 4.47. The highest BCUT2D eigenvalue weighted by Crippen LogP contribution is 2.28. The van der Waals surface area contributed by atoms with E-state index in [1.54, 1.807) is 6.07 Å². The van der Waals surface area contributed by atoms with E-state index < -0.39 is 0 Å². The van der Waals surface area contributed by atoms with E-state index in [4.69, 9.17) is 5.73 Å². The van der Waals surface area contributed by atoms with E-state index in [1.165, 1.54) is 5.56 Å². The fraction of sp³-hybridized carbons (Fsp3) is 0.188. The summed E-state index contributed by atoms with van der Waals surface area (Å²) in [4.78, 5) is 2.00. The zero-order chi connectivity index (χ0) is 13.8. The molecule has 0 bridgehead atoms. The standard InChI is InChI=1S/C16H17N3/c1-3-12-4-7-15(8-5-12)19(2)16-9-6-14(18)10-13(16)11-17/h4-10H,3,18H2,1-2H3. The molecule has 2 aromatic rings. The molecule has 0 aromatic heterocycles. The smallest absolute Gasteiger partial charge is 0.101 e. The summed E-state index contributed by atoms with van der Waals surface area (Å²) in [6, 6.07) is 15.9. The summed E-state index contributed by atoms with van der Waals surface area (Å²) in [6.07, 6.45) is 1.02. The summed E-state index contributed by atoms with van der Waals surface area (Å²) in [7, 11) is 1.95. The highest BCUT2D eigenvalue weighted by Gasteiger charge is 2.09. The van der Waals surface area contributed by atoms with E-state index in [0.29, 0.717) is 11.3 Å². The predicted molar refractivity (Wildman–Crippen MR) is 79.5 cm³/mol. The third-order valence-electron chi connectivity index (χ3n) is 3.23. The first-order chi connectivity index (χ1) is 9.15. The molecule has 0 fully saturated rings. The molecule has 3 nitrogen and oxygen atoms in total. The van der Waals surface area contributed by atoms with Crippen LogP contribution in [0, 0.1) is 11.3 Å². The van der Waals surface area contributed by atoms with Gasteiger partial charge in [0.1, 0.15) is 6.07 Å². The number of anilines is 3. The first-order valence-corrected chi connectivity index (χ1v) is 6.28. The average molecular weight is 251 g/mol. The minimum atomic E-state index is 0.585. The minimum absolute atomic E-state index is 0.585. The van der Waals surface area contributed by atoms with E-state index in [-0.39, 0.29) is 0 Å². The van der Waals surface area contributed by atoms with Crippen LogP contribution < -0.4 is 10.6 Å². The second kappa shape index (κ2) is 5.45. The maximum absolute atomic E-state index is 9.19. The first-order valence-electron chi connectivity index (χ1n) is 6.28. The quantitative estimate of drug-likeness (QED) is 0.850. The van der Waals surface area contributed by atoms with Crippen LogP contribution in [0.2, 0.25) is 0 Å². The first kappa shape index (κ1) is 13.0. The number of hydrogen-bond donors (Lipinski definition) is 1. The zero-order valence-electron chi connectivity index (χ0n) is 11.2. The van der Waals surface area contributed by atoms with Crippen LogP contribution in [0.5, 0.6) is 0 Å². The van der Waals surface area contributed by atoms with E-state index in [9.17, 15) is 5.26 Å². The maximum atomic E-state index is 9.19. The van der Waals surface area contributed by atoms with Crippen molar-refractivity contribution in [2.24, 2.45) is 0 Å². The van der Waals surface area contributed by atoms with Crippen molar-refractivity contribution in [2.75, 3.05) is 17.7 Å². The van der Waals surface area contributed by atoms with E-state index in [0.717, 1.165) is 17.8 Å². The van der Waals surface area contributed by atoms with Crippen molar-refractivity contribution >= 4 is 17.1 Å². The molecule has 0 atom stereocenters. The maximum Gasteiger partial charge on any atom is 0.101 e. The largest absolute Gasteiger partial charge is 0.399 e. The molecule has 19 heavy (non-hydrogen) atoms. The van der Waals surface area contributed by atoms with Crippen molar-refractivity contribution < 1.29 is 0 Å². The Morgan fingerprint density at radius 2 is 1.84 bits per heavy atom. The topological polar surface area (TPSA) is 53.0 Å². The molecule has 2 rings (SSSR count). The summed E-state index contributed by atoms with van der Waals surface area (Å²) in [5.74, 6) is 0. The molecule has 2 N–H and O–H groups in total. The molecule has 0 spiro atoms. The SMILES string of the molecule is CCc1ccc(N(C)c2ccc(N)cc2C#N)cc1. The third-order valence-corrected chi connectivity index (χ3v) is 3.23. The Balaban J connectivity index is 2.38. The predicted octanol–water partition coefficient (Wildman–Crippen LogP) is 3.47. The molecule has 0 heterocycles. The second-order valence-corrected chi connectivity index (χ2v) is 4.47. The lowest BCUT2D eigenvalue weighted by Crippen LogP contribution is -2.11. The van der Waals surface area contributed by atoms with Crippen molar-refractivity contribution in [3.05, 3.63) is 53.6 Å². The third kappa shape index (κ3) is 2.69. The number of nitrogens with two attached hydrogens (primary N) is 1. The number of aryl methyl sites for hydroxylation is 1. The van der Waals surface area contributed by atoms with Gasteiger partial charge in [0, 0.05) is 18.4 Å². The van der Waals surface area contributed by atoms with Crippen molar-refractivity contribution in [1.29, 1.82) is 5.26 Å². The molecular weight excluding hydrogens is 234 g/mol. The number of rotatable bonds is 3. The van der Waals surface area contributed by atoms with Crippen LogP contribution in [0.25, 0.3) is 0 Å². The number of benzene rings is 2. The lowest BCUT2D eigenvalue weighted by atomic mass is 10.1. The molecule has 3 heteroatoms. The Bertz CT molecular complexity index is 609. The average Bonchev–Trinajstić information content (AvgIpc) is 2.46. The van der Waals surface area contributed by atoms with Gasteiger partial charge in [0.25, 0.3) is 0 Å². The zero-order valence-corrected chi connectivity index (χ0v) is 11.2. The highest BCUT2D eigenvalue weighted by molar-refractivity contribution is 5.71. The van der Waals surface area contributed by atoms with Gasteiger partial charge < -0.3 is 10.6 Å². The summed E-state index contributed by atoms with van der Waals surface area (Å²) in [5.41, 5.74) is 10.1. The lowest BCUT2D eigenvalue weighted by molar-refractivity contribution is 1.13. The van der Waals surface area contributed by atoms with Crippen LogP contribution in [0.15, 0.2) is 42.5 Å². The molecule has 0 aliphatic heterocycles. The van der Waals surface area contributed by atoms with Gasteiger partial charge in [0.15, 0.2) is 0 Å². The van der Waals surface area contributed by atoms with Gasteiger partial charge in [0.05, 0.1) is 11.3 Å². The van der Waals surface area contributed by atoms with E-state index >= 15 is 0 Å². The van der Waals surface area contributed by atoms with E-state index in [2.05, 4.69) is 37.3 Å². The van der Waals surface area contributed by atoms with Crippen molar-refractivity contribution in [1.82, 2.24) is 0 Å². The normalized spacial score (nSPS) is 9.95. The summed E-state index contributed by atoms with van der Waals surface area (Å²) in [6.45, 7) is 2.13. The van der Waals surface area contributed by atoms with Crippen LogP contribution in [-0.2, 0) is 6.42 Å². The van der Waals surface area contributed by atoms with Crippen LogP contribution in [0.4, 0.5) is 17.1 Å². The van der Waals surface area contributed by atoms with E-state index in [1.807, 2.05) is 24.1 Å². The minimum Gasteiger partial charge on any atom is -0.399 e. The molecule has 0 aliphatic rings. The molecule has 2 aromatic carbocycles. The Morgan fingerprint density at radius 1 is 1.16 bits per heavy atom. The molecule has 0 aliphatic carbocycles. The van der Waals surface area contributed by atoms with Gasteiger partial charge in [-0.25, -0.2) is 0 Å². The molecule has 0 radical (unpaired) electrons. The summed E-state index contributed by atoms with van der Waals surface area (Å²) < 4.78 is 0. The Morgan fingerprint density at radius 3 is 2.42 bits per heavy atom. The van der Waals surface area contributed by atoms with Crippen LogP contribution >= 0.6 is 0 Å². The van der Waals surface area contributed by atoms with Gasteiger partial charge in [-0.1, -0.05) is 19.1 Å². The molecule has 0 amide bonds. The van der Waals surface area contributed by atoms with Gasteiger partial charge in [-0.05, 0) is 42.3 Å². The Kier molecular flexibility index (Phi) is 3.72. The monoisotopic (exact) mass is 251 g/mol. The summed E-state index contributed by atoms with van der Waals surface area (Å²) in [5, 5.41) is 9.19. The van der Waals surface area contributed by atoms with Gasteiger partial charge in [-0.15, -0.1) is 0 Å². The Hall–Kier alpha value is -2.47. The number of hydrogen-bond acceptors (Lipinski definition) is 3. The van der Waals surface area contributed by atoms with Crippen molar-refractivity contribution in [2.45, 2.75) is 13.3 Å². The molecule has 0 saturated carbocycles. The molecule has 0 unspecified atom stereocenters. The van der Waals surface area contributed by atoms with Gasteiger partial charge in [-0.2, -0.15) is 5.26 Å². The number of nitriles is 1. The molecular formula is C16H17N3. The van der Waals surface area contributed by atoms with Crippen LogP contribution in [-0.4, -0.2) is 7.05 Å². The molecule has 0 saturated heterocycles. The van der Waals surface area contributed by atoms with Crippen LogP contribution in [0.3, 0.4) is 0 Å². The summed E-state index contributed by atoms with van der Waals surface area (Å²) >= 11 is 0. The molecule has 96 valence electrons. The highest BCUT2D eigenvalue weighted by atomic mass is 15.1. The number of nitrogens with zero attached hydrogens (tertiary/aromatic N) is 2. The van der Waals surface area contributed by atoms with Crippen molar-refractivity contribution in [3.63, 3.8) is 0 Å². The Labute approximate surface area is 113 Å². The lowest BCUT2D eigenvalue weighted by Gasteiger charge is -2.21. The fourth-order valence-electron chi connectivity index (χ4n) is 2.03. The van der Waals surface area contributed by atoms with Gasteiger partial charge >= 0.3 is 0 Å². The number of nitrogen functional groups attached to an aromatic ring is 1. The van der Waals surface area contributed by atoms with Gasteiger partial charge in [0.2, 0.25) is 0 Å². The van der Waals surface area contributed by atoms with Gasteiger partial charge in [-0.3, -0.25) is 0 Å². The van der Waals surface area contributed by atoms with Crippen LogP contribution in [0.1, 0.15) is 18.1 Å². The fourth-order valence-corrected chi connectivity index (χ4v) is 2.03.